The van der Waals surface area contributed by atoms with E-state index >= 15 is 0 Å². The highest BCUT2D eigenvalue weighted by atomic mass is 35.5. The number of H-pyrrole nitrogens is 1. The van der Waals surface area contributed by atoms with E-state index in [4.69, 9.17) is 28.2 Å². The van der Waals surface area contributed by atoms with Crippen LogP contribution in [0, 0.1) is 0 Å². The van der Waals surface area contributed by atoms with Crippen LogP contribution >= 0.6 is 23.2 Å². The molecule has 0 saturated heterocycles. The van der Waals surface area contributed by atoms with E-state index in [-0.39, 0.29) is 5.56 Å². The van der Waals surface area contributed by atoms with Crippen LogP contribution in [0.25, 0.3) is 11.3 Å². The van der Waals surface area contributed by atoms with E-state index in [1.54, 1.807) is 6.07 Å². The van der Waals surface area contributed by atoms with E-state index < -0.39 is 0 Å². The summed E-state index contributed by atoms with van der Waals surface area (Å²) in [6, 6.07) is 9.43. The van der Waals surface area contributed by atoms with E-state index in [1.165, 1.54) is 0 Å². The number of aliphatic imine (C=N–C) groups is 1. The van der Waals surface area contributed by atoms with Gasteiger partial charge in [-0.1, -0.05) is 29.3 Å². The predicted molar refractivity (Wildman–Crippen MR) is 128 cm³/mol. The summed E-state index contributed by atoms with van der Waals surface area (Å²) in [5, 5.41) is 1.17. The van der Waals surface area contributed by atoms with E-state index in [0.29, 0.717) is 22.4 Å². The maximum Gasteiger partial charge on any atom is 0.255 e. The molecular formula is C24H23Cl2N5O. The molecule has 2 aliphatic heterocycles. The zero-order chi connectivity index (χ0) is 22.1. The summed E-state index contributed by atoms with van der Waals surface area (Å²) in [4.78, 5) is 31.9. The van der Waals surface area contributed by atoms with E-state index in [0.717, 1.165) is 79.1 Å². The molecule has 5 rings (SSSR count). The van der Waals surface area contributed by atoms with Gasteiger partial charge in [-0.2, -0.15) is 0 Å². The standard InChI is InChI=1S/C24H23Cl2N5O/c25-17-9-16(10-18(26)11-17)20-5-4-15(12-28-20)13-31-8-6-21-19(14-31)24(32)30-23(29-21)22-3-1-2-7-27-22/h4-5,9-12H,1-3,6-8,13-14H2,(H,29,30,32). The van der Waals surface area contributed by atoms with Gasteiger partial charge in [0, 0.05) is 54.4 Å². The van der Waals surface area contributed by atoms with Crippen molar-refractivity contribution >= 4 is 28.9 Å². The zero-order valence-corrected chi connectivity index (χ0v) is 19.1. The van der Waals surface area contributed by atoms with Crippen molar-refractivity contribution in [2.75, 3.05) is 13.1 Å². The first-order valence-electron chi connectivity index (χ1n) is 10.8. The van der Waals surface area contributed by atoms with Crippen molar-refractivity contribution in [1.29, 1.82) is 0 Å². The third kappa shape index (κ3) is 4.63. The number of aromatic nitrogens is 3. The molecule has 0 amide bonds. The van der Waals surface area contributed by atoms with Crippen molar-refractivity contribution in [3.63, 3.8) is 0 Å². The lowest BCUT2D eigenvalue weighted by atomic mass is 10.0. The summed E-state index contributed by atoms with van der Waals surface area (Å²) in [5.41, 5.74) is 5.34. The summed E-state index contributed by atoms with van der Waals surface area (Å²) >= 11 is 12.2. The highest BCUT2D eigenvalue weighted by Gasteiger charge is 2.23. The Morgan fingerprint density at radius 3 is 2.62 bits per heavy atom. The van der Waals surface area contributed by atoms with Crippen LogP contribution in [-0.4, -0.2) is 38.7 Å². The van der Waals surface area contributed by atoms with Crippen molar-refractivity contribution < 1.29 is 0 Å². The Labute approximate surface area is 196 Å². The minimum atomic E-state index is -0.0470. The molecule has 0 saturated carbocycles. The van der Waals surface area contributed by atoms with Gasteiger partial charge in [0.2, 0.25) is 0 Å². The van der Waals surface area contributed by atoms with E-state index in [2.05, 4.69) is 25.9 Å². The third-order valence-corrected chi connectivity index (χ3v) is 6.37. The topological polar surface area (TPSA) is 74.2 Å². The van der Waals surface area contributed by atoms with Gasteiger partial charge in [-0.25, -0.2) is 4.98 Å². The summed E-state index contributed by atoms with van der Waals surface area (Å²) in [7, 11) is 0. The summed E-state index contributed by atoms with van der Waals surface area (Å²) in [5.74, 6) is 0.655. The minimum absolute atomic E-state index is 0.0470. The lowest BCUT2D eigenvalue weighted by Gasteiger charge is -2.27. The molecule has 0 aliphatic carbocycles. The first-order chi connectivity index (χ1) is 15.5. The van der Waals surface area contributed by atoms with Gasteiger partial charge in [0.1, 0.15) is 0 Å². The Morgan fingerprint density at radius 2 is 1.91 bits per heavy atom. The van der Waals surface area contributed by atoms with Crippen LogP contribution in [0.3, 0.4) is 0 Å². The second kappa shape index (κ2) is 9.14. The molecule has 2 aromatic heterocycles. The van der Waals surface area contributed by atoms with E-state index in [9.17, 15) is 4.79 Å². The second-order valence-corrected chi connectivity index (χ2v) is 9.17. The van der Waals surface area contributed by atoms with Crippen LogP contribution in [0.5, 0.6) is 0 Å². The fourth-order valence-electron chi connectivity index (χ4n) is 4.29. The van der Waals surface area contributed by atoms with Gasteiger partial charge < -0.3 is 4.98 Å². The van der Waals surface area contributed by atoms with Crippen molar-refractivity contribution in [1.82, 2.24) is 19.9 Å². The number of rotatable bonds is 4. The van der Waals surface area contributed by atoms with Crippen molar-refractivity contribution in [3.05, 3.63) is 79.6 Å². The van der Waals surface area contributed by atoms with Crippen molar-refractivity contribution in [3.8, 4) is 11.3 Å². The molecule has 0 radical (unpaired) electrons. The molecule has 1 N–H and O–H groups in total. The normalized spacial score (nSPS) is 16.5. The number of fused-ring (bicyclic) bond motifs is 1. The Hall–Kier alpha value is -2.54. The smallest absolute Gasteiger partial charge is 0.255 e. The Bertz CT molecular complexity index is 1220. The van der Waals surface area contributed by atoms with Gasteiger partial charge >= 0.3 is 0 Å². The molecule has 0 unspecified atom stereocenters. The number of nitrogens with zero attached hydrogens (tertiary/aromatic N) is 4. The first-order valence-corrected chi connectivity index (χ1v) is 11.6. The SMILES string of the molecule is O=c1[nH]c(C2=NCCCC2)nc2c1CN(Cc1ccc(-c3cc(Cl)cc(Cl)c3)nc1)CC2. The number of nitrogens with one attached hydrogen (secondary N) is 1. The number of aromatic amines is 1. The molecule has 2 aliphatic rings. The highest BCUT2D eigenvalue weighted by Crippen LogP contribution is 2.26. The predicted octanol–water partition coefficient (Wildman–Crippen LogP) is 4.67. The van der Waals surface area contributed by atoms with Gasteiger partial charge in [0.25, 0.3) is 5.56 Å². The fraction of sp³-hybridized carbons (Fsp3) is 0.333. The Kier molecular flexibility index (Phi) is 6.09. The lowest BCUT2D eigenvalue weighted by molar-refractivity contribution is 0.241. The molecule has 0 bridgehead atoms. The molecular weight excluding hydrogens is 445 g/mol. The maximum atomic E-state index is 12.8. The fourth-order valence-corrected chi connectivity index (χ4v) is 4.82. The van der Waals surface area contributed by atoms with Crippen LogP contribution in [0.15, 0.2) is 46.3 Å². The van der Waals surface area contributed by atoms with Gasteiger partial charge in [-0.05, 0) is 49.1 Å². The highest BCUT2D eigenvalue weighted by molar-refractivity contribution is 6.35. The minimum Gasteiger partial charge on any atom is -0.305 e. The molecule has 32 heavy (non-hydrogen) atoms. The van der Waals surface area contributed by atoms with Gasteiger partial charge in [-0.3, -0.25) is 19.7 Å². The number of benzene rings is 1. The van der Waals surface area contributed by atoms with Crippen LogP contribution in [0.1, 0.15) is 41.9 Å². The molecule has 0 atom stereocenters. The molecule has 4 heterocycles. The molecule has 3 aromatic rings. The molecule has 164 valence electrons. The van der Waals surface area contributed by atoms with Crippen LogP contribution in [-0.2, 0) is 19.5 Å². The quantitative estimate of drug-likeness (QED) is 0.604. The molecule has 0 fully saturated rings. The largest absolute Gasteiger partial charge is 0.305 e. The summed E-state index contributed by atoms with van der Waals surface area (Å²) in [6.07, 6.45) is 5.72. The lowest BCUT2D eigenvalue weighted by Crippen LogP contribution is -2.36. The molecule has 1 aromatic carbocycles. The number of halogens is 2. The van der Waals surface area contributed by atoms with Crippen LogP contribution in [0.4, 0.5) is 0 Å². The number of hydrogen-bond acceptors (Lipinski definition) is 5. The average molecular weight is 468 g/mol. The van der Waals surface area contributed by atoms with Crippen LogP contribution in [0.2, 0.25) is 10.0 Å². The number of pyridine rings is 1. The van der Waals surface area contributed by atoms with Crippen molar-refractivity contribution in [2.24, 2.45) is 4.99 Å². The second-order valence-electron chi connectivity index (χ2n) is 8.30. The van der Waals surface area contributed by atoms with Gasteiger partial charge in [0.05, 0.1) is 22.7 Å². The first kappa shape index (κ1) is 21.3. The maximum absolute atomic E-state index is 12.8. The molecule has 8 heteroatoms. The monoisotopic (exact) mass is 467 g/mol. The van der Waals surface area contributed by atoms with Gasteiger partial charge in [-0.15, -0.1) is 0 Å². The third-order valence-electron chi connectivity index (χ3n) is 5.93. The summed E-state index contributed by atoms with van der Waals surface area (Å²) < 4.78 is 0. The zero-order valence-electron chi connectivity index (χ0n) is 17.6. The molecule has 6 nitrogen and oxygen atoms in total. The van der Waals surface area contributed by atoms with E-state index in [1.807, 2.05) is 24.4 Å². The Balaban J connectivity index is 1.30. The van der Waals surface area contributed by atoms with Gasteiger partial charge in [0.15, 0.2) is 5.82 Å². The summed E-state index contributed by atoms with van der Waals surface area (Å²) in [6.45, 7) is 2.97. The Morgan fingerprint density at radius 1 is 1.06 bits per heavy atom. The average Bonchev–Trinajstić information content (AvgIpc) is 2.80. The van der Waals surface area contributed by atoms with Crippen LogP contribution < -0.4 is 5.56 Å². The van der Waals surface area contributed by atoms with Crippen molar-refractivity contribution in [2.45, 2.75) is 38.8 Å². The molecule has 0 spiro atoms. The number of hydrogen-bond donors (Lipinski definition) is 1.